The molecule has 0 aliphatic carbocycles. The van der Waals surface area contributed by atoms with Gasteiger partial charge >= 0.3 is 0 Å². The van der Waals surface area contributed by atoms with Gasteiger partial charge in [0.2, 0.25) is 5.91 Å². The molecule has 7 nitrogen and oxygen atoms in total. The van der Waals surface area contributed by atoms with Gasteiger partial charge in [-0.3, -0.25) is 14.3 Å². The van der Waals surface area contributed by atoms with Gasteiger partial charge in [0.15, 0.2) is 11.0 Å². The summed E-state index contributed by atoms with van der Waals surface area (Å²) in [6.45, 7) is 3.97. The van der Waals surface area contributed by atoms with Crippen molar-refractivity contribution in [2.24, 2.45) is 0 Å². The fourth-order valence-electron chi connectivity index (χ4n) is 3.26. The molecule has 0 atom stereocenters. The number of ether oxygens (including phenoxy) is 1. The number of nitrogens with zero attached hydrogens (tertiary/aromatic N) is 4. The number of rotatable bonds is 7. The minimum absolute atomic E-state index is 0.110. The standard InChI is InChI=1S/C24H23N5O2S/c1-16-10-11-17(2)19(13-16)26-22(30)15-32-24-28-27-23(18-7-6-12-25-14-18)29(24)20-8-4-5-9-21(20)31-3/h4-14H,15H2,1-3H3,(H,26,30). The average Bonchev–Trinajstić information content (AvgIpc) is 3.24. The summed E-state index contributed by atoms with van der Waals surface area (Å²) in [5.74, 6) is 1.38. The van der Waals surface area contributed by atoms with E-state index in [0.717, 1.165) is 28.1 Å². The van der Waals surface area contributed by atoms with E-state index < -0.39 is 0 Å². The summed E-state index contributed by atoms with van der Waals surface area (Å²) in [7, 11) is 1.62. The Bertz CT molecular complexity index is 1240. The normalized spacial score (nSPS) is 10.7. The largest absolute Gasteiger partial charge is 0.495 e. The molecule has 32 heavy (non-hydrogen) atoms. The van der Waals surface area contributed by atoms with Crippen LogP contribution >= 0.6 is 11.8 Å². The van der Waals surface area contributed by atoms with Crippen molar-refractivity contribution in [3.63, 3.8) is 0 Å². The van der Waals surface area contributed by atoms with E-state index >= 15 is 0 Å². The number of hydrogen-bond donors (Lipinski definition) is 1. The maximum atomic E-state index is 12.7. The summed E-state index contributed by atoms with van der Waals surface area (Å²) in [5.41, 5.74) is 4.53. The summed E-state index contributed by atoms with van der Waals surface area (Å²) >= 11 is 1.32. The van der Waals surface area contributed by atoms with Crippen molar-refractivity contribution in [3.8, 4) is 22.8 Å². The zero-order valence-corrected chi connectivity index (χ0v) is 18.9. The van der Waals surface area contributed by atoms with Crippen LogP contribution in [0.3, 0.4) is 0 Å². The molecule has 2 aromatic heterocycles. The zero-order valence-electron chi connectivity index (χ0n) is 18.1. The monoisotopic (exact) mass is 445 g/mol. The minimum Gasteiger partial charge on any atom is -0.495 e. The van der Waals surface area contributed by atoms with Crippen LogP contribution < -0.4 is 10.1 Å². The molecular weight excluding hydrogens is 422 g/mol. The molecule has 162 valence electrons. The number of benzene rings is 2. The van der Waals surface area contributed by atoms with Gasteiger partial charge < -0.3 is 10.1 Å². The molecule has 8 heteroatoms. The van der Waals surface area contributed by atoms with Crippen molar-refractivity contribution in [2.75, 3.05) is 18.2 Å². The third-order valence-electron chi connectivity index (χ3n) is 4.88. The molecule has 1 amide bonds. The molecule has 0 saturated carbocycles. The van der Waals surface area contributed by atoms with Crippen LogP contribution in [0.5, 0.6) is 5.75 Å². The highest BCUT2D eigenvalue weighted by Crippen LogP contribution is 2.32. The molecule has 2 aromatic carbocycles. The summed E-state index contributed by atoms with van der Waals surface area (Å²) in [6.07, 6.45) is 3.44. The van der Waals surface area contributed by atoms with Crippen molar-refractivity contribution >= 4 is 23.4 Å². The number of thioether (sulfide) groups is 1. The van der Waals surface area contributed by atoms with Crippen LogP contribution in [0.15, 0.2) is 72.1 Å². The molecule has 0 bridgehead atoms. The van der Waals surface area contributed by atoms with Crippen molar-refractivity contribution < 1.29 is 9.53 Å². The minimum atomic E-state index is -0.110. The third kappa shape index (κ3) is 4.65. The Labute approximate surface area is 190 Å². The highest BCUT2D eigenvalue weighted by atomic mass is 32.2. The Balaban J connectivity index is 1.63. The molecule has 0 unspecified atom stereocenters. The molecular formula is C24H23N5O2S. The predicted octanol–water partition coefficient (Wildman–Crippen LogP) is 4.69. The van der Waals surface area contributed by atoms with Gasteiger partial charge in [-0.05, 0) is 55.3 Å². The quantitative estimate of drug-likeness (QED) is 0.416. The van der Waals surface area contributed by atoms with E-state index in [0.29, 0.717) is 16.7 Å². The Morgan fingerprint density at radius 1 is 1.09 bits per heavy atom. The van der Waals surface area contributed by atoms with Gasteiger partial charge in [0.1, 0.15) is 5.75 Å². The fourth-order valence-corrected chi connectivity index (χ4v) is 4.01. The fraction of sp³-hybridized carbons (Fsp3) is 0.167. The van der Waals surface area contributed by atoms with Crippen molar-refractivity contribution in [3.05, 3.63) is 78.1 Å². The summed E-state index contributed by atoms with van der Waals surface area (Å²) in [6, 6.07) is 17.4. The van der Waals surface area contributed by atoms with Gasteiger partial charge in [-0.15, -0.1) is 10.2 Å². The van der Waals surface area contributed by atoms with Crippen LogP contribution in [0.4, 0.5) is 5.69 Å². The van der Waals surface area contributed by atoms with E-state index in [4.69, 9.17) is 4.74 Å². The lowest BCUT2D eigenvalue weighted by atomic mass is 10.1. The van der Waals surface area contributed by atoms with Crippen LogP contribution in [0, 0.1) is 13.8 Å². The van der Waals surface area contributed by atoms with Gasteiger partial charge in [0, 0.05) is 23.6 Å². The number of carbonyl (C=O) groups is 1. The zero-order chi connectivity index (χ0) is 22.5. The van der Waals surface area contributed by atoms with Gasteiger partial charge in [-0.2, -0.15) is 0 Å². The molecule has 0 aliphatic heterocycles. The van der Waals surface area contributed by atoms with Gasteiger partial charge in [-0.1, -0.05) is 36.0 Å². The third-order valence-corrected chi connectivity index (χ3v) is 5.81. The van der Waals surface area contributed by atoms with Gasteiger partial charge in [-0.25, -0.2) is 0 Å². The molecule has 0 radical (unpaired) electrons. The molecule has 4 aromatic rings. The Kier molecular flexibility index (Phi) is 6.51. The highest BCUT2D eigenvalue weighted by Gasteiger charge is 2.20. The SMILES string of the molecule is COc1ccccc1-n1c(SCC(=O)Nc2cc(C)ccc2C)nnc1-c1cccnc1. The number of hydrogen-bond acceptors (Lipinski definition) is 6. The van der Waals surface area contributed by atoms with Crippen LogP contribution in [-0.2, 0) is 4.79 Å². The number of aromatic nitrogens is 4. The number of para-hydroxylation sites is 2. The van der Waals surface area contributed by atoms with Crippen LogP contribution in [0.25, 0.3) is 17.1 Å². The number of anilines is 1. The van der Waals surface area contributed by atoms with E-state index in [2.05, 4.69) is 20.5 Å². The average molecular weight is 446 g/mol. The second-order valence-electron chi connectivity index (χ2n) is 7.21. The lowest BCUT2D eigenvalue weighted by Crippen LogP contribution is -2.15. The number of methoxy groups -OCH3 is 1. The van der Waals surface area contributed by atoms with Crippen LogP contribution in [0.1, 0.15) is 11.1 Å². The van der Waals surface area contributed by atoms with Crippen LogP contribution in [0.2, 0.25) is 0 Å². The number of pyridine rings is 1. The number of carbonyl (C=O) groups excluding carboxylic acids is 1. The Morgan fingerprint density at radius 2 is 1.94 bits per heavy atom. The van der Waals surface area contributed by atoms with Gasteiger partial charge in [0.05, 0.1) is 18.6 Å². The summed E-state index contributed by atoms with van der Waals surface area (Å²) in [5, 5.41) is 12.3. The Morgan fingerprint density at radius 3 is 2.72 bits per heavy atom. The second-order valence-corrected chi connectivity index (χ2v) is 8.15. The van der Waals surface area contributed by atoms with Crippen LogP contribution in [-0.4, -0.2) is 38.5 Å². The predicted molar refractivity (Wildman–Crippen MR) is 126 cm³/mol. The highest BCUT2D eigenvalue weighted by molar-refractivity contribution is 7.99. The van der Waals surface area contributed by atoms with E-state index in [-0.39, 0.29) is 11.7 Å². The van der Waals surface area contributed by atoms with Crippen molar-refractivity contribution in [1.82, 2.24) is 19.7 Å². The maximum absolute atomic E-state index is 12.7. The lowest BCUT2D eigenvalue weighted by molar-refractivity contribution is -0.113. The number of nitrogens with one attached hydrogen (secondary N) is 1. The van der Waals surface area contributed by atoms with E-state index in [1.54, 1.807) is 19.5 Å². The van der Waals surface area contributed by atoms with E-state index in [1.807, 2.05) is 73.0 Å². The first-order valence-electron chi connectivity index (χ1n) is 10.1. The Hall–Kier alpha value is -3.65. The molecule has 0 fully saturated rings. The van der Waals surface area contributed by atoms with Crippen molar-refractivity contribution in [1.29, 1.82) is 0 Å². The van der Waals surface area contributed by atoms with E-state index in [9.17, 15) is 4.79 Å². The molecule has 0 aliphatic rings. The summed E-state index contributed by atoms with van der Waals surface area (Å²) in [4.78, 5) is 16.9. The van der Waals surface area contributed by atoms with Crippen molar-refractivity contribution in [2.45, 2.75) is 19.0 Å². The smallest absolute Gasteiger partial charge is 0.234 e. The molecule has 2 heterocycles. The second kappa shape index (κ2) is 9.65. The maximum Gasteiger partial charge on any atom is 0.234 e. The number of amides is 1. The lowest BCUT2D eigenvalue weighted by Gasteiger charge is -2.14. The first kappa shape index (κ1) is 21.6. The number of aryl methyl sites for hydroxylation is 2. The van der Waals surface area contributed by atoms with Gasteiger partial charge in [0.25, 0.3) is 0 Å². The molecule has 4 rings (SSSR count). The molecule has 0 spiro atoms. The first-order chi connectivity index (χ1) is 15.6. The van der Waals surface area contributed by atoms with E-state index in [1.165, 1.54) is 11.8 Å². The molecule has 0 saturated heterocycles. The molecule has 1 N–H and O–H groups in total. The topological polar surface area (TPSA) is 81.9 Å². The first-order valence-corrected chi connectivity index (χ1v) is 11.0. The summed E-state index contributed by atoms with van der Waals surface area (Å²) < 4.78 is 7.46.